The topological polar surface area (TPSA) is 178 Å². The molecule has 5 N–H and O–H groups in total. The first-order valence-corrected chi connectivity index (χ1v) is 17.9. The van der Waals surface area contributed by atoms with E-state index < -0.39 is 59.2 Å². The summed E-state index contributed by atoms with van der Waals surface area (Å²) in [7, 11) is 0. The second-order valence-electron chi connectivity index (χ2n) is 13.0. The maximum absolute atomic E-state index is 13.9. The Morgan fingerprint density at radius 2 is 1.43 bits per heavy atom. The molecule has 1 amide bonds. The summed E-state index contributed by atoms with van der Waals surface area (Å²) in [4.78, 5) is 67.0. The number of phenolic OH excluding ortho intramolecular Hbond substituents is 1. The molecule has 0 fully saturated rings. The third kappa shape index (κ3) is 10.1. The largest absolute Gasteiger partial charge is 0.507 e. The van der Waals surface area contributed by atoms with E-state index in [2.05, 4.69) is 5.32 Å². The van der Waals surface area contributed by atoms with Crippen molar-refractivity contribution in [1.29, 1.82) is 0 Å². The fraction of sp³-hybridized carbons (Fsp3) is 0.375. The monoisotopic (exact) mass is 717 g/mol. The van der Waals surface area contributed by atoms with E-state index in [4.69, 9.17) is 0 Å². The van der Waals surface area contributed by atoms with Crippen molar-refractivity contribution >= 4 is 40.8 Å². The third-order valence-corrected chi connectivity index (χ3v) is 9.79. The lowest BCUT2D eigenvalue weighted by Gasteiger charge is -2.24. The Kier molecular flexibility index (Phi) is 14.6. The van der Waals surface area contributed by atoms with Crippen LogP contribution in [0.4, 0.5) is 0 Å². The summed E-state index contributed by atoms with van der Waals surface area (Å²) in [6.07, 6.45) is 14.1. The van der Waals surface area contributed by atoms with E-state index in [9.17, 15) is 44.4 Å². The number of Topliss-reactive ketones (excluding diaryl/α,β-unsaturated/α-hetero) is 4. The summed E-state index contributed by atoms with van der Waals surface area (Å²) in [6.45, 7) is 9.80. The van der Waals surface area contributed by atoms with Crippen LogP contribution in [0.15, 0.2) is 88.6 Å². The van der Waals surface area contributed by atoms with Crippen LogP contribution < -0.4 is 5.32 Å². The van der Waals surface area contributed by atoms with Crippen molar-refractivity contribution in [3.05, 3.63) is 111 Å². The molecular formula is C40H47NO9S. The Balaban J connectivity index is 2.08. The molecule has 1 aromatic rings. The maximum Gasteiger partial charge on any atom is 0.248 e. The molecular weight excluding hydrogens is 671 g/mol. The predicted octanol–water partition coefficient (Wildman–Crippen LogP) is 5.42. The van der Waals surface area contributed by atoms with Crippen LogP contribution in [0.25, 0.3) is 0 Å². The number of allylic oxidation sites excluding steroid dienone is 8. The summed E-state index contributed by atoms with van der Waals surface area (Å²) in [5.74, 6) is -4.91. The van der Waals surface area contributed by atoms with Crippen LogP contribution in [0.2, 0.25) is 0 Å². The average molecular weight is 718 g/mol. The summed E-state index contributed by atoms with van der Waals surface area (Å²) in [5, 5.41) is 45.7. The molecule has 6 unspecified atom stereocenters. The quantitative estimate of drug-likeness (QED) is 0.236. The molecule has 0 radical (unpaired) electrons. The van der Waals surface area contributed by atoms with Gasteiger partial charge in [0, 0.05) is 41.4 Å². The van der Waals surface area contributed by atoms with E-state index in [0.717, 1.165) is 11.8 Å². The Bertz CT molecular complexity index is 1790. The van der Waals surface area contributed by atoms with Crippen molar-refractivity contribution < 1.29 is 44.4 Å². The highest BCUT2D eigenvalue weighted by molar-refractivity contribution is 8.03. The van der Waals surface area contributed by atoms with Gasteiger partial charge in [0.2, 0.25) is 17.5 Å². The molecule has 10 nitrogen and oxygen atoms in total. The zero-order chi connectivity index (χ0) is 38.2. The van der Waals surface area contributed by atoms with E-state index in [0.29, 0.717) is 5.57 Å². The molecule has 0 saturated heterocycles. The SMILES string of the molecule is CSC1=C2NC(=O)/C=C/C=C/C=C/C(C)C(O)CC(=O)/C(C)=C/CC(O)/C=C/C(C)C(O)C(C)/C=C(\C)C(=O)c3c(O)c(C)cc(c3C1=O)C2=O. The van der Waals surface area contributed by atoms with E-state index in [1.54, 1.807) is 70.4 Å². The van der Waals surface area contributed by atoms with E-state index in [1.807, 2.05) is 0 Å². The zero-order valence-corrected chi connectivity index (χ0v) is 30.8. The van der Waals surface area contributed by atoms with Gasteiger partial charge in [0.15, 0.2) is 11.6 Å². The number of aryl methyl sites for hydroxylation is 1. The number of nitrogens with one attached hydrogen (secondary N) is 1. The van der Waals surface area contributed by atoms with Crippen molar-refractivity contribution in [2.45, 2.75) is 72.7 Å². The third-order valence-electron chi connectivity index (χ3n) is 8.99. The second-order valence-corrected chi connectivity index (χ2v) is 13.9. The normalized spacial score (nSPS) is 31.0. The first-order valence-electron chi connectivity index (χ1n) is 16.7. The predicted molar refractivity (Wildman–Crippen MR) is 198 cm³/mol. The van der Waals surface area contributed by atoms with Crippen LogP contribution in [-0.2, 0) is 9.59 Å². The minimum atomic E-state index is -0.992. The number of rotatable bonds is 1. The van der Waals surface area contributed by atoms with Gasteiger partial charge in [-0.3, -0.25) is 24.0 Å². The Morgan fingerprint density at radius 1 is 0.765 bits per heavy atom. The van der Waals surface area contributed by atoms with Gasteiger partial charge in [-0.25, -0.2) is 0 Å². The molecule has 2 aliphatic heterocycles. The van der Waals surface area contributed by atoms with Gasteiger partial charge in [0.1, 0.15) is 11.4 Å². The molecule has 3 aliphatic rings. The number of benzene rings is 1. The van der Waals surface area contributed by atoms with Crippen molar-refractivity contribution in [3.63, 3.8) is 0 Å². The van der Waals surface area contributed by atoms with Crippen LogP contribution in [0.5, 0.6) is 5.75 Å². The highest BCUT2D eigenvalue weighted by atomic mass is 32.2. The first-order chi connectivity index (χ1) is 24.0. The summed E-state index contributed by atoms with van der Waals surface area (Å²) in [6, 6.07) is 1.32. The molecule has 6 atom stereocenters. The van der Waals surface area contributed by atoms with Crippen LogP contribution >= 0.6 is 11.8 Å². The number of ketones is 4. The number of aliphatic hydroxyl groups is 3. The van der Waals surface area contributed by atoms with Gasteiger partial charge in [0.05, 0.1) is 28.8 Å². The number of amides is 1. The highest BCUT2D eigenvalue weighted by Gasteiger charge is 2.38. The number of thioether (sulfide) groups is 1. The average Bonchev–Trinajstić information content (AvgIpc) is 3.09. The molecule has 4 rings (SSSR count). The minimum Gasteiger partial charge on any atom is -0.507 e. The van der Waals surface area contributed by atoms with Gasteiger partial charge in [-0.05, 0) is 56.2 Å². The van der Waals surface area contributed by atoms with Crippen LogP contribution in [0.3, 0.4) is 0 Å². The minimum absolute atomic E-state index is 0.0985. The fourth-order valence-corrected chi connectivity index (χ4v) is 6.34. The number of carbonyl (C=O) groups is 5. The lowest BCUT2D eigenvalue weighted by atomic mass is 9.83. The summed E-state index contributed by atoms with van der Waals surface area (Å²) >= 11 is 0.921. The van der Waals surface area contributed by atoms with Gasteiger partial charge in [-0.15, -0.1) is 11.8 Å². The number of hydrogen-bond acceptors (Lipinski definition) is 10. The first kappa shape index (κ1) is 41.0. The van der Waals surface area contributed by atoms with Crippen molar-refractivity contribution in [1.82, 2.24) is 5.32 Å². The Morgan fingerprint density at radius 3 is 2.10 bits per heavy atom. The van der Waals surface area contributed by atoms with E-state index >= 15 is 0 Å². The molecule has 0 spiro atoms. The number of aliphatic hydroxyl groups excluding tert-OH is 3. The molecule has 0 saturated carbocycles. The molecule has 11 heteroatoms. The van der Waals surface area contributed by atoms with Crippen LogP contribution in [0.1, 0.15) is 84.1 Å². The molecule has 2 heterocycles. The number of hydrogen-bond donors (Lipinski definition) is 5. The fourth-order valence-electron chi connectivity index (χ4n) is 5.71. The van der Waals surface area contributed by atoms with E-state index in [-0.39, 0.29) is 63.0 Å². The van der Waals surface area contributed by atoms with Crippen molar-refractivity contribution in [2.75, 3.05) is 6.26 Å². The molecule has 1 aliphatic carbocycles. The highest BCUT2D eigenvalue weighted by Crippen LogP contribution is 2.39. The molecule has 4 bridgehead atoms. The van der Waals surface area contributed by atoms with Crippen molar-refractivity contribution in [2.24, 2.45) is 17.8 Å². The standard InChI is InChI=1S/C40H47NO9S/c1-21-12-10-8-9-11-13-31(45)41-34-38(49)28-19-26(6)37(48)33(32(28)39(50)40(34)51-7)36(47)25(5)18-24(4)35(46)23(3)15-17-27(42)16-14-22(2)30(44)20-29(21)43/h8-15,17-19,21,23-24,27,29,35,42-43,46,48H,16,20H2,1-7H3,(H,41,45)/b9-8+,12-10+,13-11+,17-15+,22-14+,25-18+. The Labute approximate surface area is 303 Å². The molecule has 0 aromatic heterocycles. The molecule has 272 valence electrons. The number of aromatic hydroxyl groups is 1. The second kappa shape index (κ2) is 18.2. The summed E-state index contributed by atoms with van der Waals surface area (Å²) in [5.41, 5.74) is -0.271. The number of fused-ring (bicyclic) bond motifs is 18. The van der Waals surface area contributed by atoms with E-state index in [1.165, 1.54) is 44.2 Å². The number of phenols is 1. The lowest BCUT2D eigenvalue weighted by Crippen LogP contribution is -2.33. The van der Waals surface area contributed by atoms with Gasteiger partial charge in [0.25, 0.3) is 0 Å². The zero-order valence-electron chi connectivity index (χ0n) is 30.0. The van der Waals surface area contributed by atoms with Crippen LogP contribution in [-0.4, -0.2) is 74.0 Å². The number of carbonyl (C=O) groups excluding carboxylic acids is 5. The van der Waals surface area contributed by atoms with Crippen LogP contribution in [0, 0.1) is 24.7 Å². The lowest BCUT2D eigenvalue weighted by molar-refractivity contribution is -0.118. The maximum atomic E-state index is 13.9. The summed E-state index contributed by atoms with van der Waals surface area (Å²) < 4.78 is 0. The van der Waals surface area contributed by atoms with Gasteiger partial charge >= 0.3 is 0 Å². The van der Waals surface area contributed by atoms with Crippen molar-refractivity contribution in [3.8, 4) is 5.75 Å². The molecule has 51 heavy (non-hydrogen) atoms. The van der Waals surface area contributed by atoms with Gasteiger partial charge in [-0.2, -0.15) is 0 Å². The van der Waals surface area contributed by atoms with Gasteiger partial charge < -0.3 is 25.7 Å². The Hall–Kier alpha value is -4.42. The van der Waals surface area contributed by atoms with Gasteiger partial charge in [-0.1, -0.05) is 75.5 Å². The molecule has 1 aromatic carbocycles. The smallest absolute Gasteiger partial charge is 0.248 e.